The van der Waals surface area contributed by atoms with Crippen LogP contribution in [0.4, 0.5) is 0 Å². The van der Waals surface area contributed by atoms with Crippen molar-refractivity contribution in [2.75, 3.05) is 7.11 Å². The summed E-state index contributed by atoms with van der Waals surface area (Å²) in [6.45, 7) is 15.5. The molecule has 6 heteroatoms. The van der Waals surface area contributed by atoms with Gasteiger partial charge in [0.05, 0.1) is 18.1 Å². The maximum absolute atomic E-state index is 14.5. The second-order valence-corrected chi connectivity index (χ2v) is 15.5. The van der Waals surface area contributed by atoms with E-state index in [9.17, 15) is 19.6 Å². The van der Waals surface area contributed by atoms with Crippen molar-refractivity contribution in [2.45, 2.75) is 99.8 Å². The molecule has 5 aliphatic carbocycles. The first kappa shape index (κ1) is 27.6. The molecule has 0 aliphatic heterocycles. The van der Waals surface area contributed by atoms with E-state index in [1.54, 1.807) is 0 Å². The highest BCUT2D eigenvalue weighted by Gasteiger charge is 2.73. The zero-order valence-corrected chi connectivity index (χ0v) is 24.6. The molecular weight excluding hydrogens is 476 g/mol. The number of hydrogen-bond acceptors (Lipinski definition) is 5. The Hall–Kier alpha value is -2.00. The van der Waals surface area contributed by atoms with Gasteiger partial charge in [0, 0.05) is 17.8 Å². The number of nitrogens with one attached hydrogen (secondary N) is 1. The highest BCUT2D eigenvalue weighted by molar-refractivity contribution is 6.04. The lowest BCUT2D eigenvalue weighted by atomic mass is 9.31. The molecule has 0 saturated heterocycles. The van der Waals surface area contributed by atoms with Gasteiger partial charge in [0.1, 0.15) is 11.9 Å². The molecule has 0 aromatic heterocycles. The molecule has 208 valence electrons. The number of carbonyl (C=O) groups is 3. The van der Waals surface area contributed by atoms with Crippen LogP contribution in [-0.4, -0.2) is 24.6 Å². The second kappa shape index (κ2) is 8.26. The van der Waals surface area contributed by atoms with Crippen molar-refractivity contribution < 1.29 is 19.2 Å². The number of Topliss-reactive ketones (excluding diaryl/α,β-unsaturated/α-hetero) is 2. The number of carbonyl (C=O) groups excluding carboxylic acids is 3. The standard InChI is InChI=1S/C32H46N2O4/c1-27(2)11-13-32(26(37)34-38-8)14-12-31(7)24(20(32)17-27)21(35)15-23-29(5)16-19(18-33)25(36)28(3,4)22(29)9-10-30(23,31)6/h16,20,22-24H,9-15,17H2,1-8H3,(H,34,37)/t20?,22?,23-,24?,29+,30-,31-,32+/m1/s1. The molecule has 6 nitrogen and oxygen atoms in total. The average molecular weight is 523 g/mol. The van der Waals surface area contributed by atoms with E-state index in [2.05, 4.69) is 46.2 Å². The molecule has 1 N–H and O–H groups in total. The third-order valence-electron chi connectivity index (χ3n) is 13.1. The molecule has 0 aromatic carbocycles. The third-order valence-corrected chi connectivity index (χ3v) is 13.1. The number of rotatable bonds is 2. The Morgan fingerprint density at radius 1 is 0.974 bits per heavy atom. The average Bonchev–Trinajstić information content (AvgIpc) is 2.82. The van der Waals surface area contributed by atoms with Gasteiger partial charge in [-0.2, -0.15) is 5.26 Å². The highest BCUT2D eigenvalue weighted by Crippen LogP contribution is 2.75. The summed E-state index contributed by atoms with van der Waals surface area (Å²) in [5, 5.41) is 9.90. The number of nitriles is 1. The van der Waals surface area contributed by atoms with Gasteiger partial charge in [0.15, 0.2) is 5.78 Å². The van der Waals surface area contributed by atoms with E-state index in [-0.39, 0.29) is 63.0 Å². The van der Waals surface area contributed by atoms with Gasteiger partial charge in [-0.3, -0.25) is 19.2 Å². The zero-order chi connectivity index (χ0) is 28.1. The normalized spacial score (nSPS) is 46.9. The van der Waals surface area contributed by atoms with Crippen LogP contribution < -0.4 is 5.48 Å². The Balaban J connectivity index is 1.63. The van der Waals surface area contributed by atoms with Crippen LogP contribution in [0.1, 0.15) is 99.8 Å². The lowest BCUT2D eigenvalue weighted by Crippen LogP contribution is -2.69. The topological polar surface area (TPSA) is 96.3 Å². The largest absolute Gasteiger partial charge is 0.299 e. The van der Waals surface area contributed by atoms with E-state index in [4.69, 9.17) is 4.84 Å². The van der Waals surface area contributed by atoms with E-state index < -0.39 is 16.2 Å². The summed E-state index contributed by atoms with van der Waals surface area (Å²) in [4.78, 5) is 46.5. The van der Waals surface area contributed by atoms with Gasteiger partial charge in [-0.05, 0) is 84.4 Å². The quantitative estimate of drug-likeness (QED) is 0.451. The first-order chi connectivity index (χ1) is 17.5. The van der Waals surface area contributed by atoms with E-state index >= 15 is 0 Å². The first-order valence-corrected chi connectivity index (χ1v) is 14.6. The fourth-order valence-corrected chi connectivity index (χ4v) is 10.9. The van der Waals surface area contributed by atoms with Crippen LogP contribution in [-0.2, 0) is 19.2 Å². The summed E-state index contributed by atoms with van der Waals surface area (Å²) in [6, 6.07) is 2.20. The van der Waals surface area contributed by atoms with E-state index in [1.165, 1.54) is 7.11 Å². The SMILES string of the molecule is CONC(=O)[C@]12CCC(C)(C)CC1C1C(=O)C[C@@H]3[C@@]4(C)C=C(C#N)C(=O)C(C)(C)C4CC[C@@]3(C)[C@]1(C)CC2. The molecule has 4 fully saturated rings. The summed E-state index contributed by atoms with van der Waals surface area (Å²) < 4.78 is 0. The van der Waals surface area contributed by atoms with Gasteiger partial charge in [-0.1, -0.05) is 54.5 Å². The molecule has 5 aliphatic rings. The second-order valence-electron chi connectivity index (χ2n) is 15.5. The molecule has 5 rings (SSSR count). The van der Waals surface area contributed by atoms with Crippen molar-refractivity contribution in [1.82, 2.24) is 5.48 Å². The highest BCUT2D eigenvalue weighted by atomic mass is 16.6. The molecule has 4 saturated carbocycles. The summed E-state index contributed by atoms with van der Waals surface area (Å²) in [5.74, 6) is 0.0868. The Labute approximate surface area is 228 Å². The third kappa shape index (κ3) is 3.30. The van der Waals surface area contributed by atoms with Gasteiger partial charge in [0.25, 0.3) is 0 Å². The molecule has 38 heavy (non-hydrogen) atoms. The van der Waals surface area contributed by atoms with Crippen LogP contribution in [0, 0.1) is 67.5 Å². The molecule has 0 heterocycles. The van der Waals surface area contributed by atoms with E-state index in [0.717, 1.165) is 44.9 Å². The molecule has 3 unspecified atom stereocenters. The number of hydroxylamine groups is 1. The number of hydrogen-bond donors (Lipinski definition) is 1. The molecule has 1 amide bonds. The summed E-state index contributed by atoms with van der Waals surface area (Å²) in [7, 11) is 1.49. The Morgan fingerprint density at radius 3 is 2.26 bits per heavy atom. The van der Waals surface area contributed by atoms with Crippen LogP contribution >= 0.6 is 0 Å². The fraction of sp³-hybridized carbons (Fsp3) is 0.812. The van der Waals surface area contributed by atoms with Crippen molar-refractivity contribution in [3.63, 3.8) is 0 Å². The molecule has 0 bridgehead atoms. The van der Waals surface area contributed by atoms with Crippen molar-refractivity contribution in [3.8, 4) is 6.07 Å². The van der Waals surface area contributed by atoms with E-state index in [1.807, 2.05) is 19.9 Å². The minimum atomic E-state index is -0.635. The van der Waals surface area contributed by atoms with Crippen LogP contribution in [0.5, 0.6) is 0 Å². The van der Waals surface area contributed by atoms with Gasteiger partial charge >= 0.3 is 0 Å². The summed E-state index contributed by atoms with van der Waals surface area (Å²) in [5.41, 5.74) is 0.963. The molecule has 8 atom stereocenters. The Bertz CT molecular complexity index is 1160. The van der Waals surface area contributed by atoms with Crippen LogP contribution in [0.15, 0.2) is 11.6 Å². The molecule has 0 spiro atoms. The summed E-state index contributed by atoms with van der Waals surface area (Å²) >= 11 is 0. The Kier molecular flexibility index (Phi) is 5.99. The lowest BCUT2D eigenvalue weighted by Gasteiger charge is -2.71. The van der Waals surface area contributed by atoms with Crippen LogP contribution in [0.3, 0.4) is 0 Å². The Morgan fingerprint density at radius 2 is 1.63 bits per heavy atom. The van der Waals surface area contributed by atoms with Gasteiger partial charge in [-0.25, -0.2) is 5.48 Å². The predicted octanol–water partition coefficient (Wildman–Crippen LogP) is 5.96. The van der Waals surface area contributed by atoms with Crippen molar-refractivity contribution in [3.05, 3.63) is 11.6 Å². The van der Waals surface area contributed by atoms with Gasteiger partial charge in [-0.15, -0.1) is 0 Å². The number of amides is 1. The number of fused-ring (bicyclic) bond motifs is 7. The number of ketones is 2. The molecule has 0 aromatic rings. The monoisotopic (exact) mass is 522 g/mol. The number of allylic oxidation sites excluding steroid dienone is 2. The first-order valence-electron chi connectivity index (χ1n) is 14.6. The minimum absolute atomic E-state index is 0.0226. The van der Waals surface area contributed by atoms with Gasteiger partial charge < -0.3 is 0 Å². The minimum Gasteiger partial charge on any atom is -0.299 e. The molecular formula is C32H46N2O4. The fourth-order valence-electron chi connectivity index (χ4n) is 10.9. The smallest absolute Gasteiger partial charge is 0.250 e. The summed E-state index contributed by atoms with van der Waals surface area (Å²) in [6.07, 6.45) is 8.44. The maximum atomic E-state index is 14.5. The lowest BCUT2D eigenvalue weighted by molar-refractivity contribution is -0.223. The zero-order valence-electron chi connectivity index (χ0n) is 24.6. The van der Waals surface area contributed by atoms with Crippen LogP contribution in [0.2, 0.25) is 0 Å². The van der Waals surface area contributed by atoms with Crippen molar-refractivity contribution >= 4 is 17.5 Å². The van der Waals surface area contributed by atoms with Crippen LogP contribution in [0.25, 0.3) is 0 Å². The number of nitrogens with zero attached hydrogens (tertiary/aromatic N) is 1. The maximum Gasteiger partial charge on any atom is 0.250 e. The predicted molar refractivity (Wildman–Crippen MR) is 144 cm³/mol. The van der Waals surface area contributed by atoms with Crippen molar-refractivity contribution in [2.24, 2.45) is 56.2 Å². The van der Waals surface area contributed by atoms with Gasteiger partial charge in [0.2, 0.25) is 5.91 Å². The van der Waals surface area contributed by atoms with E-state index in [0.29, 0.717) is 6.42 Å². The molecule has 0 radical (unpaired) electrons. The van der Waals surface area contributed by atoms with Crippen molar-refractivity contribution in [1.29, 1.82) is 5.26 Å².